The smallest absolute Gasteiger partial charge is 0.162 e. The van der Waals surface area contributed by atoms with Gasteiger partial charge < -0.3 is 9.52 Å². The molecule has 3 aromatic heterocycles. The van der Waals surface area contributed by atoms with Crippen molar-refractivity contribution in [2.45, 2.75) is 67.2 Å². The fourth-order valence-electron chi connectivity index (χ4n) is 5.55. The largest absolute Gasteiger partial charge is 0.512 e. The van der Waals surface area contributed by atoms with Crippen LogP contribution in [0, 0.1) is 31.7 Å². The number of benzene rings is 3. The van der Waals surface area contributed by atoms with Crippen molar-refractivity contribution in [1.29, 1.82) is 0 Å². The van der Waals surface area contributed by atoms with Gasteiger partial charge in [-0.05, 0) is 78.1 Å². The maximum atomic E-state index is 11.7. The molecule has 0 aliphatic heterocycles. The minimum Gasteiger partial charge on any atom is -0.512 e. The number of carbonyl (C=O) groups excluding carboxylic acids is 1. The van der Waals surface area contributed by atoms with E-state index in [1.165, 1.54) is 26.6 Å². The quantitative estimate of drug-likeness (QED) is 0.0948. The van der Waals surface area contributed by atoms with Gasteiger partial charge in [0.05, 0.1) is 16.9 Å². The van der Waals surface area contributed by atoms with Crippen molar-refractivity contribution in [2.75, 3.05) is 0 Å². The van der Waals surface area contributed by atoms with Crippen molar-refractivity contribution in [1.82, 2.24) is 4.98 Å². The summed E-state index contributed by atoms with van der Waals surface area (Å²) in [5, 5.41) is 14.2. The molecule has 0 fully saturated rings. The van der Waals surface area contributed by atoms with Crippen molar-refractivity contribution >= 4 is 70.7 Å². The molecule has 4 nitrogen and oxygen atoms in total. The molecule has 3 aromatic carbocycles. The number of ketones is 1. The van der Waals surface area contributed by atoms with Crippen LogP contribution in [0.5, 0.6) is 0 Å². The summed E-state index contributed by atoms with van der Waals surface area (Å²) in [5.41, 5.74) is 5.24. The molecular weight excluding hydrogens is 751 g/mol. The number of hydrogen-bond donors (Lipinski definition) is 1. The van der Waals surface area contributed by atoms with Crippen LogP contribution in [0.25, 0.3) is 52.8 Å². The van der Waals surface area contributed by atoms with Gasteiger partial charge in [-0.1, -0.05) is 69.0 Å². The molecule has 43 heavy (non-hydrogen) atoms. The van der Waals surface area contributed by atoms with Crippen molar-refractivity contribution in [3.63, 3.8) is 0 Å². The Kier molecular flexibility index (Phi) is 11.0. The van der Waals surface area contributed by atoms with Gasteiger partial charge in [-0.3, -0.25) is 9.78 Å². The van der Waals surface area contributed by atoms with Gasteiger partial charge in [-0.15, -0.1) is 11.6 Å². The number of thiazole rings is 1. The van der Waals surface area contributed by atoms with Crippen LogP contribution in [0.1, 0.15) is 63.8 Å². The predicted molar refractivity (Wildman–Crippen MR) is 180 cm³/mol. The number of aliphatic hydroxyl groups is 1. The number of aromatic nitrogens is 1. The van der Waals surface area contributed by atoms with Gasteiger partial charge in [-0.25, -0.2) is 0 Å². The molecule has 0 unspecified atom stereocenters. The first-order chi connectivity index (χ1) is 20.3. The fourth-order valence-corrected chi connectivity index (χ4v) is 7.59. The molecule has 0 aliphatic carbocycles. The normalized spacial score (nSPS) is 12.0. The Morgan fingerprint density at radius 3 is 2.26 bits per heavy atom. The van der Waals surface area contributed by atoms with E-state index in [2.05, 4.69) is 50.2 Å². The molecule has 0 aliphatic rings. The van der Waals surface area contributed by atoms with Gasteiger partial charge in [0, 0.05) is 47.7 Å². The molecular formula is C36H38IrNO3S2-. The summed E-state index contributed by atoms with van der Waals surface area (Å²) in [5.74, 6) is 0.547. The van der Waals surface area contributed by atoms with Gasteiger partial charge in [0.15, 0.2) is 5.78 Å². The van der Waals surface area contributed by atoms with Gasteiger partial charge >= 0.3 is 0 Å². The third-order valence-corrected chi connectivity index (χ3v) is 10.5. The van der Waals surface area contributed by atoms with Crippen LogP contribution >= 0.6 is 22.7 Å². The Balaban J connectivity index is 0.000000230. The van der Waals surface area contributed by atoms with Gasteiger partial charge in [0.25, 0.3) is 0 Å². The number of thiophene rings is 1. The average Bonchev–Trinajstić information content (AvgIpc) is 3.67. The molecule has 0 saturated heterocycles. The van der Waals surface area contributed by atoms with Gasteiger partial charge in [-0.2, -0.15) is 22.7 Å². The zero-order chi connectivity index (χ0) is 30.0. The van der Waals surface area contributed by atoms with E-state index in [0.29, 0.717) is 0 Å². The molecule has 1 radical (unpaired) electrons. The maximum Gasteiger partial charge on any atom is 0.162 e. The molecule has 1 N–H and O–H groups in total. The van der Waals surface area contributed by atoms with Crippen molar-refractivity contribution in [3.8, 4) is 10.6 Å². The van der Waals surface area contributed by atoms with E-state index in [4.69, 9.17) is 9.40 Å². The second-order valence-electron chi connectivity index (χ2n) is 10.8. The summed E-state index contributed by atoms with van der Waals surface area (Å²) in [6.45, 7) is 12.4. The van der Waals surface area contributed by atoms with Crippen LogP contribution in [-0.2, 0) is 24.9 Å². The molecule has 6 rings (SSSR count). The van der Waals surface area contributed by atoms with E-state index in [0.717, 1.165) is 68.4 Å². The Hall–Kier alpha value is -2.83. The summed E-state index contributed by atoms with van der Waals surface area (Å²) in [6.07, 6.45) is 4.91. The topological polar surface area (TPSA) is 63.3 Å². The van der Waals surface area contributed by atoms with E-state index < -0.39 is 0 Å². The molecule has 227 valence electrons. The Labute approximate surface area is 275 Å². The van der Waals surface area contributed by atoms with Gasteiger partial charge in [0.1, 0.15) is 5.58 Å². The molecule has 7 heteroatoms. The number of furan rings is 1. The van der Waals surface area contributed by atoms with E-state index in [-0.39, 0.29) is 43.5 Å². The predicted octanol–water partition coefficient (Wildman–Crippen LogP) is 11.4. The van der Waals surface area contributed by atoms with Crippen LogP contribution in [0.3, 0.4) is 0 Å². The van der Waals surface area contributed by atoms with Crippen molar-refractivity contribution in [2.24, 2.45) is 11.8 Å². The SMILES string of the molecule is CCC(CC)C(=O)/C=C(\O)C(CC)CC.Cc1sc2[c-]c(-c3nc4ccccc4s3)c3c4ccccc4oc3c2c1C.[Ir]. The number of aliphatic hydroxyl groups excluding tert-OH is 1. The minimum absolute atomic E-state index is 0. The van der Waals surface area contributed by atoms with Crippen LogP contribution in [0.2, 0.25) is 0 Å². The number of nitrogens with zero attached hydrogens (tertiary/aromatic N) is 1. The minimum atomic E-state index is 0. The molecule has 0 saturated carbocycles. The maximum absolute atomic E-state index is 11.7. The summed E-state index contributed by atoms with van der Waals surface area (Å²) < 4.78 is 8.70. The zero-order valence-corrected chi connectivity index (χ0v) is 29.6. The van der Waals surface area contributed by atoms with Crippen molar-refractivity contribution < 1.29 is 34.4 Å². The van der Waals surface area contributed by atoms with Crippen LogP contribution in [0.15, 0.2) is 64.8 Å². The summed E-state index contributed by atoms with van der Waals surface area (Å²) in [6, 6.07) is 20.2. The molecule has 0 bridgehead atoms. The molecule has 0 amide bonds. The second-order valence-corrected chi connectivity index (χ2v) is 13.0. The van der Waals surface area contributed by atoms with E-state index >= 15 is 0 Å². The molecule has 0 spiro atoms. The number of para-hydroxylation sites is 2. The van der Waals surface area contributed by atoms with Crippen LogP contribution in [0.4, 0.5) is 0 Å². The molecule has 3 heterocycles. The van der Waals surface area contributed by atoms with E-state index in [9.17, 15) is 9.90 Å². The fraction of sp³-hybridized carbons (Fsp3) is 0.333. The summed E-state index contributed by atoms with van der Waals surface area (Å²) in [4.78, 5) is 17.9. The number of rotatable bonds is 8. The third kappa shape index (κ3) is 6.51. The van der Waals surface area contributed by atoms with Gasteiger partial charge in [0.2, 0.25) is 0 Å². The molecule has 6 aromatic rings. The standard InChI is InChI=1S/C23H14NOS2.C13H24O2.Ir/c1-12-13(2)26-19-11-15(23-24-16-8-4-6-10-18(16)27-23)21-14-7-3-5-9-17(14)25-22(21)20(12)19;1-5-10(6-2)12(14)9-13(15)11(7-3)8-4;/h3-10H,1-2H3;9-11,14H,5-8H2,1-4H3;/q-1;;/b;12-9-;. The van der Waals surface area contributed by atoms with Crippen LogP contribution in [-0.4, -0.2) is 15.9 Å². The average molecular weight is 789 g/mol. The van der Waals surface area contributed by atoms with Crippen molar-refractivity contribution in [3.05, 3.63) is 76.9 Å². The summed E-state index contributed by atoms with van der Waals surface area (Å²) >= 11 is 3.50. The summed E-state index contributed by atoms with van der Waals surface area (Å²) in [7, 11) is 0. The number of carbonyl (C=O) groups is 1. The number of fused-ring (bicyclic) bond motifs is 6. The van der Waals surface area contributed by atoms with E-state index in [1.54, 1.807) is 22.7 Å². The first kappa shape index (κ1) is 33.1. The number of hydrogen-bond acceptors (Lipinski definition) is 6. The number of allylic oxidation sites excluding steroid dienone is 2. The van der Waals surface area contributed by atoms with E-state index in [1.807, 2.05) is 45.9 Å². The Morgan fingerprint density at radius 2 is 1.58 bits per heavy atom. The first-order valence-corrected chi connectivity index (χ1v) is 16.5. The Morgan fingerprint density at radius 1 is 0.930 bits per heavy atom. The zero-order valence-electron chi connectivity index (χ0n) is 25.5. The van der Waals surface area contributed by atoms with Crippen LogP contribution < -0.4 is 0 Å². The second kappa shape index (κ2) is 14.3. The number of aryl methyl sites for hydroxylation is 2. The Bertz CT molecular complexity index is 1870. The molecule has 0 atom stereocenters. The monoisotopic (exact) mass is 789 g/mol. The third-order valence-electron chi connectivity index (χ3n) is 8.29. The first-order valence-electron chi connectivity index (χ1n) is 14.9.